The lowest BCUT2D eigenvalue weighted by Crippen LogP contribution is -2.31. The van der Waals surface area contributed by atoms with E-state index >= 15 is 0 Å². The molecular weight excluding hydrogens is 280 g/mol. The highest BCUT2D eigenvalue weighted by molar-refractivity contribution is 5.93. The van der Waals surface area contributed by atoms with Gasteiger partial charge in [-0.15, -0.1) is 0 Å². The highest BCUT2D eigenvalue weighted by atomic mass is 16.1. The minimum absolute atomic E-state index is 0.0372. The number of rotatable bonds is 6. The van der Waals surface area contributed by atoms with Crippen LogP contribution in [-0.4, -0.2) is 47.9 Å². The molecule has 0 bridgehead atoms. The summed E-state index contributed by atoms with van der Waals surface area (Å²) in [7, 11) is 3.90. The van der Waals surface area contributed by atoms with Crippen molar-refractivity contribution in [2.75, 3.05) is 42.7 Å². The molecule has 2 rings (SSSR count). The van der Waals surface area contributed by atoms with E-state index in [1.807, 2.05) is 25.1 Å². The molecular formula is C15H20N6O. The summed E-state index contributed by atoms with van der Waals surface area (Å²) in [5.41, 5.74) is 7.09. The van der Waals surface area contributed by atoms with Gasteiger partial charge in [-0.25, -0.2) is 15.0 Å². The summed E-state index contributed by atoms with van der Waals surface area (Å²) >= 11 is 0. The number of nitrogens with zero attached hydrogens (tertiary/aromatic N) is 5. The second-order valence-electron chi connectivity index (χ2n) is 5.11. The van der Waals surface area contributed by atoms with Gasteiger partial charge in [0.25, 0.3) is 0 Å². The highest BCUT2D eigenvalue weighted by Crippen LogP contribution is 2.12. The van der Waals surface area contributed by atoms with Crippen LogP contribution >= 0.6 is 0 Å². The van der Waals surface area contributed by atoms with Gasteiger partial charge in [-0.1, -0.05) is 0 Å². The lowest BCUT2D eigenvalue weighted by atomic mass is 10.2. The van der Waals surface area contributed by atoms with Gasteiger partial charge >= 0.3 is 0 Å². The first-order chi connectivity index (χ1) is 10.5. The number of Topliss-reactive ketones (excluding diaryl/α,β-unsaturated/α-hetero) is 1. The zero-order valence-corrected chi connectivity index (χ0v) is 13.0. The molecule has 22 heavy (non-hydrogen) atoms. The number of carbonyl (C=O) groups is 1. The Kier molecular flexibility index (Phi) is 4.88. The number of carbonyl (C=O) groups excluding carboxylic acids is 1. The number of aromatic nitrogens is 3. The third kappa shape index (κ3) is 3.91. The van der Waals surface area contributed by atoms with E-state index in [4.69, 9.17) is 5.73 Å². The first kappa shape index (κ1) is 15.7. The van der Waals surface area contributed by atoms with E-state index in [-0.39, 0.29) is 5.78 Å². The molecule has 0 aliphatic carbocycles. The van der Waals surface area contributed by atoms with E-state index in [2.05, 4.69) is 19.9 Å². The van der Waals surface area contributed by atoms with Gasteiger partial charge in [0.15, 0.2) is 5.78 Å². The lowest BCUT2D eigenvalue weighted by Gasteiger charge is -2.23. The zero-order valence-electron chi connectivity index (χ0n) is 13.0. The Labute approximate surface area is 129 Å². The lowest BCUT2D eigenvalue weighted by molar-refractivity contribution is 0.101. The third-order valence-corrected chi connectivity index (χ3v) is 3.37. The molecule has 116 valence electrons. The average molecular weight is 300 g/mol. The largest absolute Gasteiger partial charge is 0.384 e. The number of ketones is 1. The average Bonchev–Trinajstić information content (AvgIpc) is 2.53. The van der Waals surface area contributed by atoms with Crippen molar-refractivity contribution >= 4 is 23.2 Å². The molecule has 0 aliphatic rings. The summed E-state index contributed by atoms with van der Waals surface area (Å²) in [5, 5.41) is 0. The van der Waals surface area contributed by atoms with E-state index in [9.17, 15) is 4.79 Å². The summed E-state index contributed by atoms with van der Waals surface area (Å²) < 4.78 is 0. The number of nitrogen functional groups attached to an aromatic ring is 1. The van der Waals surface area contributed by atoms with Crippen molar-refractivity contribution in [3.8, 4) is 0 Å². The molecule has 0 spiro atoms. The predicted octanol–water partition coefficient (Wildman–Crippen LogP) is 1.23. The van der Waals surface area contributed by atoms with Gasteiger partial charge in [-0.2, -0.15) is 0 Å². The van der Waals surface area contributed by atoms with Crippen molar-refractivity contribution in [2.24, 2.45) is 0 Å². The first-order valence-corrected chi connectivity index (χ1v) is 6.94. The van der Waals surface area contributed by atoms with Crippen LogP contribution in [0.1, 0.15) is 17.3 Å². The first-order valence-electron chi connectivity index (χ1n) is 6.94. The molecule has 0 amide bonds. The second kappa shape index (κ2) is 6.84. The number of anilines is 3. The van der Waals surface area contributed by atoms with Crippen molar-refractivity contribution in [1.82, 2.24) is 15.0 Å². The Morgan fingerprint density at radius 1 is 1.05 bits per heavy atom. The fourth-order valence-corrected chi connectivity index (χ4v) is 1.85. The van der Waals surface area contributed by atoms with Crippen molar-refractivity contribution in [1.29, 1.82) is 0 Å². The fourth-order valence-electron chi connectivity index (χ4n) is 1.85. The molecule has 0 fully saturated rings. The maximum atomic E-state index is 11.2. The number of hydrogen-bond donors (Lipinski definition) is 1. The van der Waals surface area contributed by atoms with E-state index in [0.29, 0.717) is 17.3 Å². The topological polar surface area (TPSA) is 88.2 Å². The predicted molar refractivity (Wildman–Crippen MR) is 87.2 cm³/mol. The van der Waals surface area contributed by atoms with Gasteiger partial charge < -0.3 is 15.5 Å². The Balaban J connectivity index is 1.92. The van der Waals surface area contributed by atoms with Crippen LogP contribution in [0.3, 0.4) is 0 Å². The van der Waals surface area contributed by atoms with Crippen LogP contribution < -0.4 is 15.5 Å². The smallest absolute Gasteiger partial charge is 0.225 e. The van der Waals surface area contributed by atoms with Crippen LogP contribution in [0, 0.1) is 0 Å². The van der Waals surface area contributed by atoms with Crippen LogP contribution in [0.5, 0.6) is 0 Å². The van der Waals surface area contributed by atoms with Crippen LogP contribution in [0.4, 0.5) is 17.5 Å². The highest BCUT2D eigenvalue weighted by Gasteiger charge is 2.08. The zero-order chi connectivity index (χ0) is 16.1. The quantitative estimate of drug-likeness (QED) is 0.803. The molecule has 0 atom stereocenters. The Bertz CT molecular complexity index is 625. The minimum Gasteiger partial charge on any atom is -0.384 e. The van der Waals surface area contributed by atoms with Gasteiger partial charge in [0.1, 0.15) is 5.82 Å². The van der Waals surface area contributed by atoms with Crippen molar-refractivity contribution in [3.05, 3.63) is 36.3 Å². The molecule has 0 aliphatic heterocycles. The van der Waals surface area contributed by atoms with Crippen LogP contribution in [0.2, 0.25) is 0 Å². The summed E-state index contributed by atoms with van der Waals surface area (Å²) in [6.45, 7) is 3.01. The molecule has 2 N–H and O–H groups in total. The number of likely N-dealkylation sites (N-methyl/N-ethyl adjacent to an activating group) is 2. The molecule has 0 unspecified atom stereocenters. The fraction of sp³-hybridized carbons (Fsp3) is 0.333. The Hall–Kier alpha value is -2.70. The van der Waals surface area contributed by atoms with Crippen molar-refractivity contribution in [3.63, 3.8) is 0 Å². The molecule has 2 heterocycles. The Morgan fingerprint density at radius 3 is 2.23 bits per heavy atom. The van der Waals surface area contributed by atoms with Gasteiger partial charge in [-0.05, 0) is 19.1 Å². The van der Waals surface area contributed by atoms with Crippen LogP contribution in [-0.2, 0) is 0 Å². The van der Waals surface area contributed by atoms with Gasteiger partial charge in [-0.3, -0.25) is 4.79 Å². The molecule has 0 aromatic carbocycles. The van der Waals surface area contributed by atoms with Crippen LogP contribution in [0.25, 0.3) is 0 Å². The van der Waals surface area contributed by atoms with Crippen LogP contribution in [0.15, 0.2) is 30.7 Å². The van der Waals surface area contributed by atoms with Gasteiger partial charge in [0.2, 0.25) is 5.95 Å². The van der Waals surface area contributed by atoms with Crippen molar-refractivity contribution < 1.29 is 4.79 Å². The van der Waals surface area contributed by atoms with E-state index in [1.165, 1.54) is 6.92 Å². The second-order valence-corrected chi connectivity index (χ2v) is 5.11. The molecule has 7 nitrogen and oxygen atoms in total. The molecule has 7 heteroatoms. The van der Waals surface area contributed by atoms with Gasteiger partial charge in [0.05, 0.1) is 17.4 Å². The number of hydrogen-bond acceptors (Lipinski definition) is 7. The summed E-state index contributed by atoms with van der Waals surface area (Å²) in [6.07, 6.45) is 4.84. The summed E-state index contributed by atoms with van der Waals surface area (Å²) in [6, 6.07) is 3.71. The summed E-state index contributed by atoms with van der Waals surface area (Å²) in [5.74, 6) is 1.06. The normalized spacial score (nSPS) is 10.3. The molecule has 2 aromatic rings. The third-order valence-electron chi connectivity index (χ3n) is 3.37. The van der Waals surface area contributed by atoms with Gasteiger partial charge in [0, 0.05) is 39.6 Å². The maximum absolute atomic E-state index is 11.2. The molecule has 0 radical (unpaired) electrons. The standard InChI is InChI=1S/C15H20N6O/c1-11(22)12-8-18-15(19-9-12)21(3)7-6-20(2)13-4-5-14(16)17-10-13/h4-5,8-10H,6-7H2,1-3H3,(H2,16,17). The number of pyridine rings is 1. The number of nitrogens with two attached hydrogens (primary N) is 1. The van der Waals surface area contributed by atoms with E-state index in [1.54, 1.807) is 24.7 Å². The monoisotopic (exact) mass is 300 g/mol. The Morgan fingerprint density at radius 2 is 1.68 bits per heavy atom. The molecule has 0 saturated heterocycles. The minimum atomic E-state index is -0.0372. The maximum Gasteiger partial charge on any atom is 0.225 e. The SMILES string of the molecule is CC(=O)c1cnc(N(C)CCN(C)c2ccc(N)nc2)nc1. The van der Waals surface area contributed by atoms with E-state index in [0.717, 1.165) is 18.8 Å². The summed E-state index contributed by atoms with van der Waals surface area (Å²) in [4.78, 5) is 27.7. The molecule has 2 aromatic heterocycles. The molecule has 0 saturated carbocycles. The van der Waals surface area contributed by atoms with Crippen molar-refractivity contribution in [2.45, 2.75) is 6.92 Å². The van der Waals surface area contributed by atoms with E-state index < -0.39 is 0 Å².